The van der Waals surface area contributed by atoms with Gasteiger partial charge in [0, 0.05) is 35.3 Å². The number of halogens is 1. The predicted molar refractivity (Wildman–Crippen MR) is 91.7 cm³/mol. The number of amides is 1. The van der Waals surface area contributed by atoms with Crippen molar-refractivity contribution in [3.05, 3.63) is 52.6 Å². The summed E-state index contributed by atoms with van der Waals surface area (Å²) >= 11 is 5.26. The molecule has 1 aromatic heterocycles. The third-order valence-electron chi connectivity index (χ3n) is 3.33. The second-order valence-electron chi connectivity index (χ2n) is 4.82. The molecule has 0 radical (unpaired) electrons. The lowest BCUT2D eigenvalue weighted by atomic mass is 10.2. The maximum Gasteiger partial charge on any atom is 0.259 e. The minimum atomic E-state index is -0.0134. The summed E-state index contributed by atoms with van der Waals surface area (Å²) in [4.78, 5) is 18.7. The van der Waals surface area contributed by atoms with E-state index in [1.807, 2.05) is 40.9 Å². The molecule has 1 aliphatic heterocycles. The first-order valence-corrected chi connectivity index (χ1v) is 8.94. The zero-order valence-corrected chi connectivity index (χ0v) is 14.3. The molecule has 0 saturated carbocycles. The lowest BCUT2D eigenvalue weighted by molar-refractivity contribution is 0.0769. The molecule has 0 N–H and O–H groups in total. The normalized spacial score (nSPS) is 14.7. The topological polar surface area (TPSA) is 42.4 Å². The van der Waals surface area contributed by atoms with Crippen molar-refractivity contribution in [3.63, 3.8) is 0 Å². The average Bonchev–Trinajstić information content (AvgIpc) is 2.58. The van der Waals surface area contributed by atoms with Crippen LogP contribution >= 0.6 is 27.7 Å². The van der Waals surface area contributed by atoms with Crippen molar-refractivity contribution in [2.45, 2.75) is 0 Å². The summed E-state index contributed by atoms with van der Waals surface area (Å²) in [5.74, 6) is 2.96. The molecule has 4 nitrogen and oxygen atoms in total. The number of nitrogens with zero attached hydrogens (tertiary/aromatic N) is 2. The van der Waals surface area contributed by atoms with Gasteiger partial charge in [0.15, 0.2) is 0 Å². The molecule has 3 rings (SSSR count). The van der Waals surface area contributed by atoms with Crippen molar-refractivity contribution in [3.8, 4) is 11.6 Å². The number of benzene rings is 1. The molecule has 1 aliphatic rings. The molecule has 2 aromatic rings. The highest BCUT2D eigenvalue weighted by atomic mass is 79.9. The van der Waals surface area contributed by atoms with Gasteiger partial charge in [0.2, 0.25) is 5.88 Å². The van der Waals surface area contributed by atoms with E-state index in [1.54, 1.807) is 18.3 Å². The monoisotopic (exact) mass is 378 g/mol. The number of rotatable bonds is 3. The average molecular weight is 379 g/mol. The summed E-state index contributed by atoms with van der Waals surface area (Å²) in [6.07, 6.45) is 1.64. The molecule has 1 saturated heterocycles. The van der Waals surface area contributed by atoms with Gasteiger partial charge in [-0.25, -0.2) is 4.98 Å². The van der Waals surface area contributed by atoms with Gasteiger partial charge in [0.05, 0.1) is 0 Å². The number of pyridine rings is 1. The fraction of sp³-hybridized carbons (Fsp3) is 0.250. The Morgan fingerprint density at radius 3 is 2.64 bits per heavy atom. The Morgan fingerprint density at radius 1 is 1.18 bits per heavy atom. The van der Waals surface area contributed by atoms with E-state index >= 15 is 0 Å². The first-order valence-electron chi connectivity index (χ1n) is 6.99. The predicted octanol–water partition coefficient (Wildman–Crippen LogP) is 3.83. The van der Waals surface area contributed by atoms with Crippen molar-refractivity contribution in [1.29, 1.82) is 0 Å². The Kier molecular flexibility index (Phi) is 5.00. The Bertz CT molecular complexity index is 657. The highest BCUT2D eigenvalue weighted by Gasteiger charge is 2.22. The fourth-order valence-electron chi connectivity index (χ4n) is 2.19. The lowest BCUT2D eigenvalue weighted by Gasteiger charge is -2.26. The van der Waals surface area contributed by atoms with Gasteiger partial charge in [0.1, 0.15) is 11.3 Å². The molecule has 0 spiro atoms. The standard InChI is InChI=1S/C16H15BrN2O2S/c17-12-3-5-13(6-4-12)21-15-14(2-1-7-18-15)16(20)19-8-10-22-11-9-19/h1-7H,8-11H2. The molecule has 0 aliphatic carbocycles. The van der Waals surface area contributed by atoms with Crippen molar-refractivity contribution >= 4 is 33.6 Å². The maximum absolute atomic E-state index is 12.7. The van der Waals surface area contributed by atoms with Gasteiger partial charge in [0.25, 0.3) is 5.91 Å². The van der Waals surface area contributed by atoms with E-state index in [1.165, 1.54) is 0 Å². The Balaban J connectivity index is 1.82. The van der Waals surface area contributed by atoms with Gasteiger partial charge in [-0.05, 0) is 36.4 Å². The minimum Gasteiger partial charge on any atom is -0.438 e. The molecule has 0 atom stereocenters. The van der Waals surface area contributed by atoms with Gasteiger partial charge in [-0.2, -0.15) is 11.8 Å². The summed E-state index contributed by atoms with van der Waals surface area (Å²) in [5, 5.41) is 0. The third-order valence-corrected chi connectivity index (χ3v) is 4.80. The number of carbonyl (C=O) groups excluding carboxylic acids is 1. The molecular weight excluding hydrogens is 364 g/mol. The minimum absolute atomic E-state index is 0.0134. The van der Waals surface area contributed by atoms with E-state index in [2.05, 4.69) is 20.9 Å². The largest absolute Gasteiger partial charge is 0.438 e. The molecule has 0 bridgehead atoms. The zero-order chi connectivity index (χ0) is 15.4. The summed E-state index contributed by atoms with van der Waals surface area (Å²) in [5.41, 5.74) is 0.511. The number of hydrogen-bond acceptors (Lipinski definition) is 4. The SMILES string of the molecule is O=C(c1cccnc1Oc1ccc(Br)cc1)N1CCSCC1. The van der Waals surface area contributed by atoms with Crippen LogP contribution in [0.25, 0.3) is 0 Å². The summed E-state index contributed by atoms with van der Waals surface area (Å²) in [7, 11) is 0. The van der Waals surface area contributed by atoms with Crippen molar-refractivity contribution in [1.82, 2.24) is 9.88 Å². The molecule has 1 fully saturated rings. The smallest absolute Gasteiger partial charge is 0.259 e. The summed E-state index contributed by atoms with van der Waals surface area (Å²) in [6, 6.07) is 11.0. The Hall–Kier alpha value is -1.53. The van der Waals surface area contributed by atoms with Crippen LogP contribution in [0.5, 0.6) is 11.6 Å². The van der Waals surface area contributed by atoms with E-state index < -0.39 is 0 Å². The molecule has 0 unspecified atom stereocenters. The van der Waals surface area contributed by atoms with Crippen LogP contribution in [0.3, 0.4) is 0 Å². The van der Waals surface area contributed by atoms with Crippen molar-refractivity contribution < 1.29 is 9.53 Å². The molecule has 6 heteroatoms. The van der Waals surface area contributed by atoms with E-state index in [0.29, 0.717) is 17.2 Å². The van der Waals surface area contributed by atoms with Crippen molar-refractivity contribution in [2.75, 3.05) is 24.6 Å². The third kappa shape index (κ3) is 3.62. The van der Waals surface area contributed by atoms with Crippen LogP contribution in [-0.2, 0) is 0 Å². The highest BCUT2D eigenvalue weighted by Crippen LogP contribution is 2.26. The molecule has 2 heterocycles. The van der Waals surface area contributed by atoms with Crippen LogP contribution in [0.2, 0.25) is 0 Å². The molecule has 22 heavy (non-hydrogen) atoms. The quantitative estimate of drug-likeness (QED) is 0.813. The lowest BCUT2D eigenvalue weighted by Crippen LogP contribution is -2.38. The summed E-state index contributed by atoms with van der Waals surface area (Å²) in [6.45, 7) is 1.55. The zero-order valence-electron chi connectivity index (χ0n) is 11.9. The molecule has 1 amide bonds. The number of hydrogen-bond donors (Lipinski definition) is 0. The van der Waals surface area contributed by atoms with Gasteiger partial charge in [-0.15, -0.1) is 0 Å². The Morgan fingerprint density at radius 2 is 1.91 bits per heavy atom. The number of aromatic nitrogens is 1. The fourth-order valence-corrected chi connectivity index (χ4v) is 3.35. The second-order valence-corrected chi connectivity index (χ2v) is 6.96. The molecule has 114 valence electrons. The Labute approximate surface area is 142 Å². The number of ether oxygens (including phenoxy) is 1. The molecular formula is C16H15BrN2O2S. The number of carbonyl (C=O) groups is 1. The van der Waals surface area contributed by atoms with Gasteiger partial charge >= 0.3 is 0 Å². The van der Waals surface area contributed by atoms with E-state index in [9.17, 15) is 4.79 Å². The van der Waals surface area contributed by atoms with Crippen LogP contribution in [0.1, 0.15) is 10.4 Å². The first kappa shape index (κ1) is 15.4. The van der Waals surface area contributed by atoms with Gasteiger partial charge in [-0.3, -0.25) is 4.79 Å². The van der Waals surface area contributed by atoms with Gasteiger partial charge < -0.3 is 9.64 Å². The van der Waals surface area contributed by atoms with Crippen LogP contribution in [0.15, 0.2) is 47.1 Å². The van der Waals surface area contributed by atoms with E-state index in [4.69, 9.17) is 4.74 Å². The van der Waals surface area contributed by atoms with E-state index in [0.717, 1.165) is 29.1 Å². The number of thioether (sulfide) groups is 1. The van der Waals surface area contributed by atoms with Crippen LogP contribution in [-0.4, -0.2) is 40.4 Å². The van der Waals surface area contributed by atoms with Crippen molar-refractivity contribution in [2.24, 2.45) is 0 Å². The van der Waals surface area contributed by atoms with Crippen LogP contribution in [0.4, 0.5) is 0 Å². The van der Waals surface area contributed by atoms with E-state index in [-0.39, 0.29) is 5.91 Å². The first-order chi connectivity index (χ1) is 10.7. The molecule has 1 aromatic carbocycles. The van der Waals surface area contributed by atoms with Gasteiger partial charge in [-0.1, -0.05) is 15.9 Å². The maximum atomic E-state index is 12.7. The van der Waals surface area contributed by atoms with Crippen LogP contribution in [0, 0.1) is 0 Å². The van der Waals surface area contributed by atoms with Crippen LogP contribution < -0.4 is 4.74 Å². The second kappa shape index (κ2) is 7.15. The summed E-state index contributed by atoms with van der Waals surface area (Å²) < 4.78 is 6.77. The highest BCUT2D eigenvalue weighted by molar-refractivity contribution is 9.10.